The first-order chi connectivity index (χ1) is 13.7. The number of nitrogens with zero attached hydrogens (tertiary/aromatic N) is 4. The molecule has 2 aromatic carbocycles. The molecule has 0 atom stereocenters. The van der Waals surface area contributed by atoms with E-state index in [-0.39, 0.29) is 5.91 Å². The molecule has 9 heteroatoms. The molecular formula is C19H15N7OS. The van der Waals surface area contributed by atoms with Crippen molar-refractivity contribution in [3.63, 3.8) is 0 Å². The zero-order valence-electron chi connectivity index (χ0n) is 14.8. The van der Waals surface area contributed by atoms with Gasteiger partial charge in [-0.05, 0) is 42.5 Å². The number of rotatable bonds is 4. The van der Waals surface area contributed by atoms with E-state index >= 15 is 0 Å². The molecule has 138 valence electrons. The van der Waals surface area contributed by atoms with E-state index in [1.165, 1.54) is 6.92 Å². The Hall–Kier alpha value is -3.72. The molecule has 0 bridgehead atoms. The molecule has 0 saturated heterocycles. The summed E-state index contributed by atoms with van der Waals surface area (Å²) in [4.78, 5) is 24.6. The van der Waals surface area contributed by atoms with Crippen molar-refractivity contribution in [2.75, 3.05) is 10.6 Å². The second-order valence-corrected chi connectivity index (χ2v) is 7.14. The van der Waals surface area contributed by atoms with Gasteiger partial charge in [-0.25, -0.2) is 14.5 Å². The van der Waals surface area contributed by atoms with Crippen LogP contribution in [0.3, 0.4) is 0 Å². The SMILES string of the molecule is CC(=O)Nc1ccc(Nc2nc3nc4cc(-c5nccs5)ccc4n3[nH]2)cc1. The van der Waals surface area contributed by atoms with Crippen molar-refractivity contribution in [3.8, 4) is 10.6 Å². The molecule has 3 heterocycles. The smallest absolute Gasteiger partial charge is 0.253 e. The first kappa shape index (κ1) is 16.5. The summed E-state index contributed by atoms with van der Waals surface area (Å²) in [5.41, 5.74) is 4.44. The van der Waals surface area contributed by atoms with Gasteiger partial charge in [-0.15, -0.1) is 11.3 Å². The van der Waals surface area contributed by atoms with Gasteiger partial charge >= 0.3 is 0 Å². The number of amides is 1. The molecule has 0 unspecified atom stereocenters. The maximum Gasteiger partial charge on any atom is 0.253 e. The molecule has 0 aliphatic carbocycles. The number of thiazole rings is 1. The lowest BCUT2D eigenvalue weighted by Gasteiger charge is -2.05. The largest absolute Gasteiger partial charge is 0.326 e. The lowest BCUT2D eigenvalue weighted by Crippen LogP contribution is -2.05. The number of fused-ring (bicyclic) bond motifs is 3. The summed E-state index contributed by atoms with van der Waals surface area (Å²) in [6, 6.07) is 13.5. The third-order valence-electron chi connectivity index (χ3n) is 4.21. The van der Waals surface area contributed by atoms with E-state index in [1.807, 2.05) is 52.4 Å². The fourth-order valence-electron chi connectivity index (χ4n) is 3.02. The summed E-state index contributed by atoms with van der Waals surface area (Å²) in [5, 5.41) is 12.1. The van der Waals surface area contributed by atoms with E-state index in [1.54, 1.807) is 17.5 Å². The Bertz CT molecular complexity index is 1290. The predicted molar refractivity (Wildman–Crippen MR) is 110 cm³/mol. The van der Waals surface area contributed by atoms with Crippen LogP contribution in [0.25, 0.3) is 27.4 Å². The Morgan fingerprint density at radius 1 is 1.11 bits per heavy atom. The number of anilines is 3. The molecule has 5 aromatic rings. The second kappa shape index (κ2) is 6.46. The summed E-state index contributed by atoms with van der Waals surface area (Å²) >= 11 is 1.60. The molecule has 3 aromatic heterocycles. The van der Waals surface area contributed by atoms with Crippen LogP contribution in [0.2, 0.25) is 0 Å². The van der Waals surface area contributed by atoms with Gasteiger partial charge in [0.15, 0.2) is 0 Å². The lowest BCUT2D eigenvalue weighted by molar-refractivity contribution is -0.114. The van der Waals surface area contributed by atoms with Gasteiger partial charge in [0.05, 0.1) is 11.0 Å². The molecule has 8 nitrogen and oxygen atoms in total. The molecule has 0 fully saturated rings. The number of aromatic nitrogens is 5. The lowest BCUT2D eigenvalue weighted by atomic mass is 10.2. The summed E-state index contributed by atoms with van der Waals surface area (Å²) < 4.78 is 1.84. The molecule has 0 aliphatic heterocycles. The van der Waals surface area contributed by atoms with Crippen molar-refractivity contribution < 1.29 is 4.79 Å². The fraction of sp³-hybridized carbons (Fsp3) is 0.0526. The number of hydrogen-bond donors (Lipinski definition) is 3. The van der Waals surface area contributed by atoms with Gasteiger partial charge in [-0.1, -0.05) is 0 Å². The number of H-pyrrole nitrogens is 1. The Labute approximate surface area is 163 Å². The van der Waals surface area contributed by atoms with Gasteiger partial charge in [-0.3, -0.25) is 9.89 Å². The topological polar surface area (TPSA) is 100 Å². The van der Waals surface area contributed by atoms with Crippen LogP contribution in [0.1, 0.15) is 6.92 Å². The number of hydrogen-bond acceptors (Lipinski definition) is 6. The van der Waals surface area contributed by atoms with Gasteiger partial charge in [0.2, 0.25) is 11.9 Å². The molecular weight excluding hydrogens is 374 g/mol. The van der Waals surface area contributed by atoms with Gasteiger partial charge in [0, 0.05) is 35.4 Å². The van der Waals surface area contributed by atoms with Gasteiger partial charge in [-0.2, -0.15) is 4.98 Å². The number of carbonyl (C=O) groups excluding carboxylic acids is 1. The molecule has 0 saturated carbocycles. The molecule has 28 heavy (non-hydrogen) atoms. The number of carbonyl (C=O) groups is 1. The zero-order chi connectivity index (χ0) is 19.1. The van der Waals surface area contributed by atoms with Crippen LogP contribution in [-0.2, 0) is 4.79 Å². The van der Waals surface area contributed by atoms with Crippen molar-refractivity contribution in [1.82, 2.24) is 24.6 Å². The van der Waals surface area contributed by atoms with Crippen molar-refractivity contribution in [3.05, 3.63) is 54.0 Å². The highest BCUT2D eigenvalue weighted by Gasteiger charge is 2.11. The molecule has 0 radical (unpaired) electrons. The van der Waals surface area contributed by atoms with Crippen LogP contribution in [0.15, 0.2) is 54.0 Å². The van der Waals surface area contributed by atoms with Crippen LogP contribution in [-0.4, -0.2) is 30.5 Å². The van der Waals surface area contributed by atoms with E-state index in [2.05, 4.69) is 30.7 Å². The quantitative estimate of drug-likeness (QED) is 0.431. The Kier molecular flexibility index (Phi) is 3.80. The summed E-state index contributed by atoms with van der Waals surface area (Å²) in [6.45, 7) is 1.48. The number of imidazole rings is 1. The fourth-order valence-corrected chi connectivity index (χ4v) is 3.65. The Balaban J connectivity index is 1.43. The average Bonchev–Trinajstić information content (AvgIpc) is 3.38. The van der Waals surface area contributed by atoms with E-state index in [4.69, 9.17) is 0 Å². The van der Waals surface area contributed by atoms with Crippen molar-refractivity contribution in [2.45, 2.75) is 6.92 Å². The van der Waals surface area contributed by atoms with Gasteiger partial charge in [0.25, 0.3) is 5.78 Å². The molecule has 0 aliphatic rings. The number of nitrogens with one attached hydrogen (secondary N) is 3. The maximum absolute atomic E-state index is 11.1. The van der Waals surface area contributed by atoms with Gasteiger partial charge < -0.3 is 10.6 Å². The zero-order valence-corrected chi connectivity index (χ0v) is 15.6. The van der Waals surface area contributed by atoms with Crippen LogP contribution < -0.4 is 10.6 Å². The highest BCUT2D eigenvalue weighted by atomic mass is 32.1. The van der Waals surface area contributed by atoms with Crippen LogP contribution in [0.4, 0.5) is 17.3 Å². The second-order valence-electron chi connectivity index (χ2n) is 6.24. The van der Waals surface area contributed by atoms with Crippen LogP contribution >= 0.6 is 11.3 Å². The third-order valence-corrected chi connectivity index (χ3v) is 5.04. The normalized spacial score (nSPS) is 11.2. The monoisotopic (exact) mass is 389 g/mol. The summed E-state index contributed by atoms with van der Waals surface area (Å²) in [7, 11) is 0. The Morgan fingerprint density at radius 2 is 1.93 bits per heavy atom. The molecule has 0 spiro atoms. The van der Waals surface area contributed by atoms with E-state index in [0.717, 1.165) is 33.0 Å². The average molecular weight is 389 g/mol. The third kappa shape index (κ3) is 2.97. The van der Waals surface area contributed by atoms with Crippen molar-refractivity contribution >= 4 is 51.4 Å². The summed E-state index contributed by atoms with van der Waals surface area (Å²) in [5.74, 6) is 1.07. The minimum atomic E-state index is -0.0992. The molecule has 1 amide bonds. The van der Waals surface area contributed by atoms with E-state index in [9.17, 15) is 4.79 Å². The standard InChI is InChI=1S/C19H15N7OS/c1-11(27)21-13-3-5-14(6-4-13)22-18-24-19-23-15-10-12(17-20-8-9-28-17)2-7-16(15)26(19)25-18/h2-10H,1H3,(H,21,27)(H2,22,23,24,25). The molecule has 3 N–H and O–H groups in total. The van der Waals surface area contributed by atoms with Crippen molar-refractivity contribution in [1.29, 1.82) is 0 Å². The van der Waals surface area contributed by atoms with E-state index < -0.39 is 0 Å². The maximum atomic E-state index is 11.1. The highest BCUT2D eigenvalue weighted by Crippen LogP contribution is 2.26. The summed E-state index contributed by atoms with van der Waals surface area (Å²) in [6.07, 6.45) is 1.80. The predicted octanol–water partition coefficient (Wildman–Crippen LogP) is 4.04. The first-order valence-corrected chi connectivity index (χ1v) is 9.46. The minimum Gasteiger partial charge on any atom is -0.326 e. The number of benzene rings is 2. The Morgan fingerprint density at radius 3 is 2.68 bits per heavy atom. The highest BCUT2D eigenvalue weighted by molar-refractivity contribution is 7.13. The minimum absolute atomic E-state index is 0.0992. The first-order valence-electron chi connectivity index (χ1n) is 8.58. The van der Waals surface area contributed by atoms with Crippen LogP contribution in [0, 0.1) is 0 Å². The van der Waals surface area contributed by atoms with Crippen LogP contribution in [0.5, 0.6) is 0 Å². The van der Waals surface area contributed by atoms with Crippen molar-refractivity contribution in [2.24, 2.45) is 0 Å². The molecule has 5 rings (SSSR count). The van der Waals surface area contributed by atoms with E-state index in [0.29, 0.717) is 11.7 Å². The number of aromatic amines is 1. The van der Waals surface area contributed by atoms with Gasteiger partial charge in [0.1, 0.15) is 5.01 Å².